The third kappa shape index (κ3) is 9.71. The molecule has 5 heterocycles. The Morgan fingerprint density at radius 1 is 0.808 bits per heavy atom. The van der Waals surface area contributed by atoms with E-state index in [9.17, 15) is 58.6 Å². The number of hydrogen-bond acceptors (Lipinski definition) is 23. The smallest absolute Gasteiger partial charge is 0.726 e. The van der Waals surface area contributed by atoms with E-state index in [1.165, 1.54) is 19.6 Å². The zero-order valence-corrected chi connectivity index (χ0v) is 45.4. The van der Waals surface area contributed by atoms with Gasteiger partial charge in [0.25, 0.3) is 0 Å². The van der Waals surface area contributed by atoms with Crippen LogP contribution in [0.4, 0.5) is 0 Å². The first-order valence-electron chi connectivity index (χ1n) is 25.0. The number of fused-ring (bicyclic) bond motifs is 5. The van der Waals surface area contributed by atoms with Crippen molar-refractivity contribution in [1.29, 1.82) is 0 Å². The average molecular weight is 1070 g/mol. The van der Waals surface area contributed by atoms with Crippen LogP contribution < -0.4 is 29.6 Å². The van der Waals surface area contributed by atoms with E-state index in [4.69, 9.17) is 47.4 Å². The Kier molecular flexibility index (Phi) is 17.0. The Morgan fingerprint density at radius 2 is 1.45 bits per heavy atom. The molecule has 26 atom stereocenters. The van der Waals surface area contributed by atoms with E-state index >= 15 is 0 Å². The van der Waals surface area contributed by atoms with Gasteiger partial charge in [-0.2, -0.15) is 0 Å². The summed E-state index contributed by atoms with van der Waals surface area (Å²) in [6.45, 7) is 14.7. The van der Waals surface area contributed by atoms with Crippen LogP contribution in [0.3, 0.4) is 0 Å². The van der Waals surface area contributed by atoms with Crippen LogP contribution in [0.2, 0.25) is 0 Å². The van der Waals surface area contributed by atoms with Crippen molar-refractivity contribution in [2.45, 2.75) is 203 Å². The van der Waals surface area contributed by atoms with Crippen molar-refractivity contribution in [3.05, 3.63) is 23.8 Å². The monoisotopic (exact) mass is 1070 g/mol. The van der Waals surface area contributed by atoms with Gasteiger partial charge < -0.3 is 92.8 Å². The maximum atomic E-state index is 13.7. The second-order valence-corrected chi connectivity index (χ2v) is 23.7. The molecule has 9 rings (SSSR count). The predicted octanol–water partition coefficient (Wildman–Crippen LogP) is -4.21. The van der Waals surface area contributed by atoms with E-state index in [0.717, 1.165) is 24.8 Å². The summed E-state index contributed by atoms with van der Waals surface area (Å²) in [5, 5.41) is 88.2. The molecule has 8 fully saturated rings. The van der Waals surface area contributed by atoms with Gasteiger partial charge in [-0.15, -0.1) is 0 Å². The van der Waals surface area contributed by atoms with E-state index in [2.05, 4.69) is 44.5 Å². The van der Waals surface area contributed by atoms with Crippen LogP contribution in [0.1, 0.15) is 80.1 Å². The van der Waals surface area contributed by atoms with Crippen molar-refractivity contribution in [1.82, 2.24) is 0 Å². The fourth-order valence-corrected chi connectivity index (χ4v) is 15.4. The topological polar surface area (TPSA) is 338 Å². The number of aliphatic hydroxyl groups is 8. The second kappa shape index (κ2) is 21.3. The normalized spacial score (nSPS) is 51.4. The van der Waals surface area contributed by atoms with Crippen molar-refractivity contribution < 1.29 is 140 Å². The predicted molar refractivity (Wildman–Crippen MR) is 240 cm³/mol. The Labute approximate surface area is 446 Å². The van der Waals surface area contributed by atoms with E-state index in [1.54, 1.807) is 0 Å². The van der Waals surface area contributed by atoms with Crippen LogP contribution in [0.5, 0.6) is 0 Å². The third-order valence-corrected chi connectivity index (χ3v) is 18.9. The molecule has 25 heteroatoms. The van der Waals surface area contributed by atoms with Gasteiger partial charge >= 0.3 is 35.5 Å². The minimum Gasteiger partial charge on any atom is -0.726 e. The van der Waals surface area contributed by atoms with E-state index < -0.39 is 151 Å². The van der Waals surface area contributed by atoms with Crippen molar-refractivity contribution in [3.8, 4) is 0 Å². The first-order chi connectivity index (χ1) is 33.7. The molecule has 9 aliphatic rings. The van der Waals surface area contributed by atoms with Crippen molar-refractivity contribution in [2.24, 2.45) is 39.4 Å². The zero-order chi connectivity index (χ0) is 52.4. The molecule has 2 bridgehead atoms. The van der Waals surface area contributed by atoms with Gasteiger partial charge in [-0.1, -0.05) is 51.5 Å². The van der Waals surface area contributed by atoms with E-state index in [0.29, 0.717) is 19.3 Å². The number of methoxy groups -OCH3 is 1. The van der Waals surface area contributed by atoms with Gasteiger partial charge in [0.15, 0.2) is 25.2 Å². The largest absolute Gasteiger partial charge is 1.00 e. The van der Waals surface area contributed by atoms with E-state index in [-0.39, 0.29) is 76.8 Å². The molecule has 0 aromatic heterocycles. The van der Waals surface area contributed by atoms with Crippen LogP contribution in [0.25, 0.3) is 0 Å². The number of rotatable bonds is 13. The fraction of sp³-hybridized carbons (Fsp3) is 0.896. The number of aliphatic hydroxyl groups excluding tert-OH is 8. The van der Waals surface area contributed by atoms with Gasteiger partial charge in [0, 0.05) is 18.4 Å². The Bertz CT molecular complexity index is 2170. The Balaban J connectivity index is 0.00000711. The molecule has 0 aromatic rings. The summed E-state index contributed by atoms with van der Waals surface area (Å²) in [5.41, 5.74) is 0.495. The molecule has 4 aliphatic carbocycles. The number of carbonyl (C=O) groups is 1. The Morgan fingerprint density at radius 3 is 2.11 bits per heavy atom. The van der Waals surface area contributed by atoms with Crippen LogP contribution in [-0.2, 0) is 66.7 Å². The maximum Gasteiger partial charge on any atom is 1.00 e. The molecule has 5 aliphatic heterocycles. The minimum absolute atomic E-state index is 0. The fourth-order valence-electron chi connectivity index (χ4n) is 14.9. The molecule has 0 amide bonds. The number of allylic oxidation sites excluding steroid dienone is 2. The molecule has 5 saturated heterocycles. The van der Waals surface area contributed by atoms with Crippen molar-refractivity contribution in [2.75, 3.05) is 26.9 Å². The number of esters is 1. The van der Waals surface area contributed by atoms with Gasteiger partial charge in [0.05, 0.1) is 37.4 Å². The van der Waals surface area contributed by atoms with Crippen molar-refractivity contribution >= 4 is 16.4 Å². The molecule has 410 valence electrons. The van der Waals surface area contributed by atoms with Crippen LogP contribution in [-0.4, -0.2) is 210 Å². The van der Waals surface area contributed by atoms with Crippen molar-refractivity contribution in [3.63, 3.8) is 0 Å². The number of ether oxygens (including phenoxy) is 10. The molecule has 3 saturated carbocycles. The third-order valence-electron chi connectivity index (χ3n) is 18.4. The summed E-state index contributed by atoms with van der Waals surface area (Å²) in [5.74, 6) is 0.0846. The molecular formula is C48H73NaO23S. The Hall–Kier alpha value is -0.860. The summed E-state index contributed by atoms with van der Waals surface area (Å²) in [7, 11) is -4.14. The maximum absolute atomic E-state index is 13.7. The molecule has 0 radical (unpaired) electrons. The van der Waals surface area contributed by atoms with E-state index in [1.807, 2.05) is 6.92 Å². The van der Waals surface area contributed by atoms with Gasteiger partial charge in [0.1, 0.15) is 85.5 Å². The SMILES string of the molecule is C=C(C)C1C2C[C@@]3(C)C4=CCC5C(C)(C)C(OC6OCC(OS(=O)(=O)[O-])C(O)C6OC6OC(C)C(OC7OC(CO)C(O)C(OC8OCC(O)C(OC)C8O)C7O)C(O)C6O)CCC5(C)C4CCC13C(=O)O2.[Na+]. The molecule has 23 nitrogen and oxygen atoms in total. The first kappa shape index (κ1) is 58.3. The van der Waals surface area contributed by atoms with Crippen LogP contribution in [0.15, 0.2) is 23.8 Å². The zero-order valence-electron chi connectivity index (χ0n) is 42.5. The molecule has 1 spiro atoms. The molecule has 0 aromatic carbocycles. The minimum atomic E-state index is -5.38. The standard InChI is InChI=1S/C48H74O23S.Na/c1-19(2)29-24-15-47(7)22-9-10-27-45(4,5)28(12-13-46(27,6)21(22)11-14-48(29,47)44(57)66-24)67-43-39(31(52)26(18-63-43)71-72(58,59)60)70-41-33(54)32(53)36(20(3)64-41)68-42-35(56)38(30(51)25(16-49)65-42)69-40-34(55)37(61-8)23(50)17-62-40;/h9,20-21,23-43,49-56H,1,10-18H2,2-8H3,(H,58,59,60);/q;+1/p-1/t20?,21?,23?,24?,25?,26?,27?,28?,29?,30?,31?,32?,33?,34?,35?,36?,37?,38?,39?,40?,41?,42?,43?,46?,47-,48?;/m0./s1. The molecular weight excluding hydrogens is 1000 g/mol. The van der Waals surface area contributed by atoms with Gasteiger partial charge in [-0.3, -0.25) is 8.98 Å². The second-order valence-electron chi connectivity index (χ2n) is 22.7. The summed E-state index contributed by atoms with van der Waals surface area (Å²) >= 11 is 0. The molecule has 73 heavy (non-hydrogen) atoms. The first-order valence-corrected chi connectivity index (χ1v) is 26.3. The number of carbonyl (C=O) groups excluding carboxylic acids is 1. The van der Waals surface area contributed by atoms with Crippen LogP contribution >= 0.6 is 0 Å². The van der Waals surface area contributed by atoms with Gasteiger partial charge in [-0.25, -0.2) is 8.42 Å². The summed E-state index contributed by atoms with van der Waals surface area (Å²) in [6, 6.07) is 0. The molecule has 25 unspecified atom stereocenters. The summed E-state index contributed by atoms with van der Waals surface area (Å²) in [4.78, 5) is 13.7. The van der Waals surface area contributed by atoms with Crippen LogP contribution in [0, 0.1) is 39.4 Å². The quantitative estimate of drug-likeness (QED) is 0.0285. The average Bonchev–Trinajstić information content (AvgIpc) is 3.74. The summed E-state index contributed by atoms with van der Waals surface area (Å²) in [6.07, 6.45) is -23.5. The number of hydrogen-bond donors (Lipinski definition) is 8. The van der Waals surface area contributed by atoms with Gasteiger partial charge in [-0.05, 0) is 75.0 Å². The summed E-state index contributed by atoms with van der Waals surface area (Å²) < 4.78 is 98.9. The molecule has 8 N–H and O–H groups in total. The van der Waals surface area contributed by atoms with Gasteiger partial charge in [0.2, 0.25) is 10.4 Å².